The van der Waals surface area contributed by atoms with E-state index in [1.807, 2.05) is 12.1 Å². The highest BCUT2D eigenvalue weighted by Crippen LogP contribution is 2.38. The van der Waals surface area contributed by atoms with Crippen LogP contribution in [0.15, 0.2) is 35.2 Å². The fourth-order valence-corrected chi connectivity index (χ4v) is 5.73. The molecule has 4 rings (SSSR count). The summed E-state index contributed by atoms with van der Waals surface area (Å²) in [6.45, 7) is 0.163. The van der Waals surface area contributed by atoms with Crippen molar-refractivity contribution in [3.63, 3.8) is 0 Å². The zero-order valence-corrected chi connectivity index (χ0v) is 20.8. The number of aliphatic carboxylic acids is 1. The van der Waals surface area contributed by atoms with Gasteiger partial charge in [-0.2, -0.15) is 4.39 Å². The number of rotatable bonds is 8. The van der Waals surface area contributed by atoms with Gasteiger partial charge >= 0.3 is 5.97 Å². The van der Waals surface area contributed by atoms with Gasteiger partial charge in [0.05, 0.1) is 22.8 Å². The largest absolute Gasteiger partial charge is 0.487 e. The van der Waals surface area contributed by atoms with Gasteiger partial charge in [0.25, 0.3) is 5.91 Å². The van der Waals surface area contributed by atoms with Gasteiger partial charge in [-0.05, 0) is 68.0 Å². The second kappa shape index (κ2) is 11.5. The molecular formula is C25H25ClF2N2O5S. The van der Waals surface area contributed by atoms with Gasteiger partial charge in [0, 0.05) is 23.0 Å². The minimum Gasteiger partial charge on any atom is -0.487 e. The van der Waals surface area contributed by atoms with Crippen molar-refractivity contribution in [1.29, 1.82) is 0 Å². The summed E-state index contributed by atoms with van der Waals surface area (Å²) in [7, 11) is 0. The Bertz CT molecular complexity index is 1170. The lowest BCUT2D eigenvalue weighted by atomic mass is 9.87. The standard InChI is InChI=1S/C25H25ClF2N2O5S/c26-15-3-8-19-14(11-15)12-20(36-19)24(32)30-10-9-29-23(31)17-6-7-18(22(28)21(17)27)35-16-4-1-13(2-5-16)25(33)34/h3,6-8,11,13,16,20H,1-2,4-5,9-10,12H2,(H,29,31)(H,30,32)(H,33,34)/t13-,16+,20?. The number of halogens is 3. The van der Waals surface area contributed by atoms with E-state index in [0.29, 0.717) is 37.1 Å². The predicted molar refractivity (Wildman–Crippen MR) is 131 cm³/mol. The molecule has 1 aliphatic carbocycles. The SMILES string of the molecule is O=C(NCCNC(=O)C1Cc2cc(Cl)ccc2S1)c1ccc(O[C@H]2CC[C@@H](C(=O)O)CC2)c(F)c1F. The fourth-order valence-electron chi connectivity index (χ4n) is 4.34. The number of carboxylic acid groups (broad SMARTS) is 1. The fraction of sp³-hybridized carbons (Fsp3) is 0.400. The molecule has 7 nitrogen and oxygen atoms in total. The van der Waals surface area contributed by atoms with Crippen LogP contribution in [0, 0.1) is 17.6 Å². The summed E-state index contributed by atoms with van der Waals surface area (Å²) in [6, 6.07) is 7.83. The number of ether oxygens (including phenoxy) is 1. The molecular weight excluding hydrogens is 514 g/mol. The number of carbonyl (C=O) groups is 3. The Labute approximate surface area is 215 Å². The number of carboxylic acids is 1. The number of hydrogen-bond donors (Lipinski definition) is 3. The second-order valence-electron chi connectivity index (χ2n) is 8.78. The van der Waals surface area contributed by atoms with Crippen LogP contribution in [0.4, 0.5) is 8.78 Å². The topological polar surface area (TPSA) is 105 Å². The summed E-state index contributed by atoms with van der Waals surface area (Å²) >= 11 is 7.44. The first-order chi connectivity index (χ1) is 17.2. The highest BCUT2D eigenvalue weighted by Gasteiger charge is 2.29. The van der Waals surface area contributed by atoms with E-state index in [2.05, 4.69) is 10.6 Å². The van der Waals surface area contributed by atoms with Crippen molar-refractivity contribution < 1.29 is 33.0 Å². The number of fused-ring (bicyclic) bond motifs is 1. The molecule has 2 aromatic carbocycles. The normalized spacial score (nSPS) is 20.9. The van der Waals surface area contributed by atoms with Crippen LogP contribution in [0.1, 0.15) is 41.6 Å². The number of amides is 2. The second-order valence-corrected chi connectivity index (χ2v) is 10.5. The highest BCUT2D eigenvalue weighted by molar-refractivity contribution is 8.01. The lowest BCUT2D eigenvalue weighted by molar-refractivity contribution is -0.143. The number of benzene rings is 2. The number of carbonyl (C=O) groups excluding carboxylic acids is 2. The highest BCUT2D eigenvalue weighted by atomic mass is 35.5. The summed E-state index contributed by atoms with van der Waals surface area (Å²) in [4.78, 5) is 36.8. The van der Waals surface area contributed by atoms with Gasteiger partial charge in [-0.1, -0.05) is 11.6 Å². The summed E-state index contributed by atoms with van der Waals surface area (Å²) in [5, 5.41) is 14.6. The maximum atomic E-state index is 14.6. The van der Waals surface area contributed by atoms with E-state index >= 15 is 0 Å². The Kier molecular flexibility index (Phi) is 8.35. The molecule has 2 aliphatic rings. The molecule has 2 amide bonds. The van der Waals surface area contributed by atoms with Crippen molar-refractivity contribution in [2.45, 2.75) is 48.4 Å². The molecule has 1 saturated carbocycles. The molecule has 0 aromatic heterocycles. The van der Waals surface area contributed by atoms with E-state index in [9.17, 15) is 23.2 Å². The first-order valence-electron chi connectivity index (χ1n) is 11.6. The molecule has 0 radical (unpaired) electrons. The first-order valence-corrected chi connectivity index (χ1v) is 12.9. The molecule has 0 spiro atoms. The zero-order chi connectivity index (χ0) is 25.8. The van der Waals surface area contributed by atoms with Gasteiger partial charge in [0.2, 0.25) is 11.7 Å². The quantitative estimate of drug-likeness (QED) is 0.435. The average Bonchev–Trinajstić information content (AvgIpc) is 3.28. The molecule has 192 valence electrons. The van der Waals surface area contributed by atoms with E-state index in [-0.39, 0.29) is 30.0 Å². The molecule has 0 bridgehead atoms. The number of thioether (sulfide) groups is 1. The Balaban J connectivity index is 1.23. The van der Waals surface area contributed by atoms with Gasteiger partial charge in [-0.3, -0.25) is 14.4 Å². The maximum absolute atomic E-state index is 14.6. The van der Waals surface area contributed by atoms with Crippen molar-refractivity contribution in [2.24, 2.45) is 5.92 Å². The zero-order valence-electron chi connectivity index (χ0n) is 19.2. The van der Waals surface area contributed by atoms with Crippen LogP contribution in [0.5, 0.6) is 5.75 Å². The Morgan fingerprint density at radius 1 is 1.03 bits per heavy atom. The Morgan fingerprint density at radius 3 is 2.47 bits per heavy atom. The Hall–Kier alpha value is -2.85. The van der Waals surface area contributed by atoms with Crippen LogP contribution in [0.25, 0.3) is 0 Å². The minimum absolute atomic E-state index is 0.0346. The number of nitrogens with one attached hydrogen (secondary N) is 2. The van der Waals surface area contributed by atoms with Crippen molar-refractivity contribution in [3.8, 4) is 5.75 Å². The lowest BCUT2D eigenvalue weighted by Gasteiger charge is -2.27. The molecule has 36 heavy (non-hydrogen) atoms. The van der Waals surface area contributed by atoms with Gasteiger partial charge in [0.15, 0.2) is 11.6 Å². The predicted octanol–water partition coefficient (Wildman–Crippen LogP) is 4.20. The third kappa shape index (κ3) is 6.10. The summed E-state index contributed by atoms with van der Waals surface area (Å²) in [5.74, 6) is -5.22. The maximum Gasteiger partial charge on any atom is 0.306 e. The van der Waals surface area contributed by atoms with E-state index in [1.54, 1.807) is 6.07 Å². The van der Waals surface area contributed by atoms with Gasteiger partial charge < -0.3 is 20.5 Å². The monoisotopic (exact) mass is 538 g/mol. The van der Waals surface area contributed by atoms with Gasteiger partial charge in [-0.15, -0.1) is 11.8 Å². The molecule has 3 N–H and O–H groups in total. The van der Waals surface area contributed by atoms with Crippen molar-refractivity contribution >= 4 is 41.1 Å². The van der Waals surface area contributed by atoms with Crippen molar-refractivity contribution in [1.82, 2.24) is 10.6 Å². The molecule has 1 unspecified atom stereocenters. The van der Waals surface area contributed by atoms with Crippen LogP contribution in [-0.4, -0.2) is 47.3 Å². The van der Waals surface area contributed by atoms with Gasteiger partial charge in [0.1, 0.15) is 0 Å². The average molecular weight is 539 g/mol. The van der Waals surface area contributed by atoms with E-state index in [0.717, 1.165) is 16.5 Å². The summed E-state index contributed by atoms with van der Waals surface area (Å²) in [5.41, 5.74) is 0.540. The lowest BCUT2D eigenvalue weighted by Crippen LogP contribution is -2.38. The van der Waals surface area contributed by atoms with Gasteiger partial charge in [-0.25, -0.2) is 4.39 Å². The molecule has 1 fully saturated rings. The minimum atomic E-state index is -1.33. The van der Waals surface area contributed by atoms with Crippen molar-refractivity contribution in [2.75, 3.05) is 13.1 Å². The van der Waals surface area contributed by atoms with E-state index in [4.69, 9.17) is 21.4 Å². The van der Waals surface area contributed by atoms with Crippen LogP contribution in [0.3, 0.4) is 0 Å². The van der Waals surface area contributed by atoms with Crippen molar-refractivity contribution in [3.05, 3.63) is 58.1 Å². The van der Waals surface area contributed by atoms with Crippen LogP contribution < -0.4 is 15.4 Å². The molecule has 0 saturated heterocycles. The summed E-state index contributed by atoms with van der Waals surface area (Å²) < 4.78 is 34.6. The third-order valence-electron chi connectivity index (χ3n) is 6.31. The Morgan fingerprint density at radius 2 is 1.75 bits per heavy atom. The smallest absolute Gasteiger partial charge is 0.306 e. The molecule has 2 aromatic rings. The molecule has 1 aliphatic heterocycles. The first kappa shape index (κ1) is 26.2. The van der Waals surface area contributed by atoms with E-state index in [1.165, 1.54) is 17.8 Å². The van der Waals surface area contributed by atoms with Crippen LogP contribution >= 0.6 is 23.4 Å². The molecule has 1 heterocycles. The van der Waals surface area contributed by atoms with Crippen LogP contribution in [0.2, 0.25) is 5.02 Å². The molecule has 11 heteroatoms. The summed E-state index contributed by atoms with van der Waals surface area (Å²) in [6.07, 6.45) is 1.79. The number of hydrogen-bond acceptors (Lipinski definition) is 5. The van der Waals surface area contributed by atoms with Crippen LogP contribution in [-0.2, 0) is 16.0 Å². The third-order valence-corrected chi connectivity index (χ3v) is 7.86. The molecule has 1 atom stereocenters. The van der Waals surface area contributed by atoms with E-state index < -0.39 is 41.1 Å².